The molecule has 0 saturated carbocycles. The lowest BCUT2D eigenvalue weighted by Crippen LogP contribution is -2.28. The van der Waals surface area contributed by atoms with E-state index in [1.165, 1.54) is 5.56 Å². The highest BCUT2D eigenvalue weighted by molar-refractivity contribution is 5.26. The zero-order valence-corrected chi connectivity index (χ0v) is 16.8. The Bertz CT molecular complexity index is 724. The normalized spacial score (nSPS) is 19.0. The van der Waals surface area contributed by atoms with Gasteiger partial charge in [0.1, 0.15) is 11.9 Å². The van der Waals surface area contributed by atoms with Crippen molar-refractivity contribution in [3.8, 4) is 5.75 Å². The number of methoxy groups -OCH3 is 1. The third-order valence-corrected chi connectivity index (χ3v) is 4.97. The van der Waals surface area contributed by atoms with E-state index in [0.29, 0.717) is 13.2 Å². The molecular weight excluding hydrogens is 352 g/mol. The molecule has 4 heteroatoms. The van der Waals surface area contributed by atoms with Crippen molar-refractivity contribution in [2.24, 2.45) is 0 Å². The highest BCUT2D eigenvalue weighted by Gasteiger charge is 2.23. The van der Waals surface area contributed by atoms with Gasteiger partial charge in [0, 0.05) is 13.0 Å². The van der Waals surface area contributed by atoms with Gasteiger partial charge in [0.05, 0.1) is 32.7 Å². The van der Waals surface area contributed by atoms with E-state index in [4.69, 9.17) is 18.9 Å². The van der Waals surface area contributed by atoms with Crippen LogP contribution in [0.1, 0.15) is 37.3 Å². The molecule has 2 aromatic rings. The zero-order valence-electron chi connectivity index (χ0n) is 16.8. The second-order valence-electron chi connectivity index (χ2n) is 7.18. The first-order chi connectivity index (χ1) is 13.7. The summed E-state index contributed by atoms with van der Waals surface area (Å²) in [5.41, 5.74) is 3.50. The lowest BCUT2D eigenvalue weighted by Gasteiger charge is -2.29. The Kier molecular flexibility index (Phi) is 7.94. The molecule has 1 aliphatic heterocycles. The molecule has 0 aromatic heterocycles. The molecule has 2 atom stereocenters. The van der Waals surface area contributed by atoms with Crippen LogP contribution in [0.2, 0.25) is 0 Å². The third kappa shape index (κ3) is 6.39. The summed E-state index contributed by atoms with van der Waals surface area (Å²) in [6.07, 6.45) is 4.99. The van der Waals surface area contributed by atoms with Gasteiger partial charge in [-0.25, -0.2) is 0 Å². The van der Waals surface area contributed by atoms with Crippen LogP contribution in [0.4, 0.5) is 0 Å². The van der Waals surface area contributed by atoms with E-state index in [9.17, 15) is 0 Å². The fourth-order valence-corrected chi connectivity index (χ4v) is 3.24. The van der Waals surface area contributed by atoms with E-state index in [1.54, 1.807) is 7.11 Å². The molecular formula is C24H30O4. The van der Waals surface area contributed by atoms with Crippen LogP contribution in [0.5, 0.6) is 5.75 Å². The van der Waals surface area contributed by atoms with Crippen LogP contribution in [0.15, 0.2) is 66.4 Å². The summed E-state index contributed by atoms with van der Waals surface area (Å²) in [6, 6.07) is 18.3. The molecule has 0 fully saturated rings. The zero-order chi connectivity index (χ0) is 19.6. The molecule has 0 spiro atoms. The molecule has 0 bridgehead atoms. The molecule has 1 aliphatic rings. The fraction of sp³-hybridized carbons (Fsp3) is 0.417. The minimum absolute atomic E-state index is 0.103. The molecule has 0 amide bonds. The summed E-state index contributed by atoms with van der Waals surface area (Å²) < 4.78 is 23.0. The summed E-state index contributed by atoms with van der Waals surface area (Å²) in [6.45, 7) is 4.07. The summed E-state index contributed by atoms with van der Waals surface area (Å²) in [7, 11) is 1.68. The molecule has 28 heavy (non-hydrogen) atoms. The van der Waals surface area contributed by atoms with Crippen LogP contribution >= 0.6 is 0 Å². The van der Waals surface area contributed by atoms with E-state index < -0.39 is 0 Å². The molecule has 0 saturated heterocycles. The van der Waals surface area contributed by atoms with Gasteiger partial charge in [-0.3, -0.25) is 0 Å². The van der Waals surface area contributed by atoms with Crippen LogP contribution in [0.3, 0.4) is 0 Å². The van der Waals surface area contributed by atoms with Gasteiger partial charge < -0.3 is 18.9 Å². The minimum atomic E-state index is 0.103. The maximum absolute atomic E-state index is 6.15. The fourth-order valence-electron chi connectivity index (χ4n) is 3.24. The van der Waals surface area contributed by atoms with Gasteiger partial charge in [0.15, 0.2) is 0 Å². The van der Waals surface area contributed by atoms with E-state index in [1.807, 2.05) is 48.7 Å². The molecule has 1 heterocycles. The Morgan fingerprint density at radius 2 is 1.71 bits per heavy atom. The number of benzene rings is 2. The van der Waals surface area contributed by atoms with E-state index >= 15 is 0 Å². The number of ether oxygens (including phenoxy) is 4. The Morgan fingerprint density at radius 3 is 2.46 bits per heavy atom. The Labute approximate surface area is 168 Å². The SMILES string of the molecule is COc1ccc(CO[C@@H]2C[C@H](CCCOCc3ccccc3)OC=C2C)cc1. The second-order valence-corrected chi connectivity index (χ2v) is 7.18. The van der Waals surface area contributed by atoms with Crippen LogP contribution in [-0.2, 0) is 27.4 Å². The molecule has 3 rings (SSSR count). The topological polar surface area (TPSA) is 36.9 Å². The summed E-state index contributed by atoms with van der Waals surface area (Å²) >= 11 is 0. The van der Waals surface area contributed by atoms with Crippen molar-refractivity contribution in [3.63, 3.8) is 0 Å². The van der Waals surface area contributed by atoms with Crippen LogP contribution < -0.4 is 4.74 Å². The standard InChI is InChI=1S/C24H30O4/c1-19-16-27-23(9-6-14-26-17-20-7-4-3-5-8-20)15-24(19)28-18-21-10-12-22(25-2)13-11-21/h3-5,7-8,10-13,16,23-24H,6,9,14-15,17-18H2,1-2H3/t23-,24+/m0/s1. The summed E-state index contributed by atoms with van der Waals surface area (Å²) in [4.78, 5) is 0. The lowest BCUT2D eigenvalue weighted by atomic mass is 10.00. The van der Waals surface area contributed by atoms with Crippen molar-refractivity contribution >= 4 is 0 Å². The molecule has 4 nitrogen and oxygen atoms in total. The van der Waals surface area contributed by atoms with Gasteiger partial charge in [-0.2, -0.15) is 0 Å². The highest BCUT2D eigenvalue weighted by atomic mass is 16.5. The van der Waals surface area contributed by atoms with Gasteiger partial charge in [-0.15, -0.1) is 0 Å². The summed E-state index contributed by atoms with van der Waals surface area (Å²) in [5.74, 6) is 0.862. The number of rotatable bonds is 10. The maximum Gasteiger partial charge on any atom is 0.118 e. The predicted molar refractivity (Wildman–Crippen MR) is 110 cm³/mol. The quantitative estimate of drug-likeness (QED) is 0.525. The smallest absolute Gasteiger partial charge is 0.118 e. The molecule has 0 radical (unpaired) electrons. The molecule has 0 unspecified atom stereocenters. The Balaban J connectivity index is 1.36. The maximum atomic E-state index is 6.15. The van der Waals surface area contributed by atoms with Crippen molar-refractivity contribution in [1.29, 1.82) is 0 Å². The Hall–Kier alpha value is -2.30. The minimum Gasteiger partial charge on any atom is -0.498 e. The average Bonchev–Trinajstić information content (AvgIpc) is 2.75. The predicted octanol–water partition coefficient (Wildman–Crippen LogP) is 5.27. The number of hydrogen-bond acceptors (Lipinski definition) is 4. The van der Waals surface area contributed by atoms with Crippen LogP contribution in [0, 0.1) is 0 Å². The van der Waals surface area contributed by atoms with E-state index in [2.05, 4.69) is 19.1 Å². The monoisotopic (exact) mass is 382 g/mol. The highest BCUT2D eigenvalue weighted by Crippen LogP contribution is 2.25. The van der Waals surface area contributed by atoms with Crippen molar-refractivity contribution in [1.82, 2.24) is 0 Å². The van der Waals surface area contributed by atoms with Gasteiger partial charge >= 0.3 is 0 Å². The van der Waals surface area contributed by atoms with Crippen molar-refractivity contribution in [2.45, 2.75) is 51.6 Å². The van der Waals surface area contributed by atoms with Crippen LogP contribution in [-0.4, -0.2) is 25.9 Å². The van der Waals surface area contributed by atoms with Crippen molar-refractivity contribution in [3.05, 3.63) is 77.6 Å². The summed E-state index contributed by atoms with van der Waals surface area (Å²) in [5, 5.41) is 0. The average molecular weight is 382 g/mol. The molecule has 0 aliphatic carbocycles. The van der Waals surface area contributed by atoms with Gasteiger partial charge in [-0.05, 0) is 48.6 Å². The lowest BCUT2D eigenvalue weighted by molar-refractivity contribution is -0.00663. The van der Waals surface area contributed by atoms with Gasteiger partial charge in [-0.1, -0.05) is 42.5 Å². The van der Waals surface area contributed by atoms with Gasteiger partial charge in [0.25, 0.3) is 0 Å². The molecule has 0 N–H and O–H groups in total. The first-order valence-electron chi connectivity index (χ1n) is 9.93. The van der Waals surface area contributed by atoms with Crippen molar-refractivity contribution in [2.75, 3.05) is 13.7 Å². The first-order valence-corrected chi connectivity index (χ1v) is 9.93. The molecule has 150 valence electrons. The third-order valence-electron chi connectivity index (χ3n) is 4.97. The van der Waals surface area contributed by atoms with Gasteiger partial charge in [0.2, 0.25) is 0 Å². The van der Waals surface area contributed by atoms with Crippen LogP contribution in [0.25, 0.3) is 0 Å². The number of hydrogen-bond donors (Lipinski definition) is 0. The first kappa shape index (κ1) is 20.4. The second kappa shape index (κ2) is 10.9. The van der Waals surface area contributed by atoms with E-state index in [0.717, 1.165) is 42.8 Å². The molecule has 2 aromatic carbocycles. The Morgan fingerprint density at radius 1 is 0.964 bits per heavy atom. The van der Waals surface area contributed by atoms with E-state index in [-0.39, 0.29) is 12.2 Å². The largest absolute Gasteiger partial charge is 0.498 e. The van der Waals surface area contributed by atoms with Crippen molar-refractivity contribution < 1.29 is 18.9 Å².